The van der Waals surface area contributed by atoms with Crippen molar-refractivity contribution in [2.75, 3.05) is 6.61 Å². The first-order valence-electron chi connectivity index (χ1n) is 5.66. The minimum atomic E-state index is -0.295. The number of benzene rings is 1. The van der Waals surface area contributed by atoms with Crippen LogP contribution in [-0.4, -0.2) is 12.6 Å². The van der Waals surface area contributed by atoms with Gasteiger partial charge in [-0.2, -0.15) is 0 Å². The van der Waals surface area contributed by atoms with Crippen molar-refractivity contribution >= 4 is 34.5 Å². The summed E-state index contributed by atoms with van der Waals surface area (Å²) in [7, 11) is 0. The number of carbonyl (C=O) groups is 1. The van der Waals surface area contributed by atoms with E-state index in [9.17, 15) is 4.79 Å². The van der Waals surface area contributed by atoms with Crippen molar-refractivity contribution in [1.82, 2.24) is 0 Å². The molecule has 1 aromatic carbocycles. The van der Waals surface area contributed by atoms with Crippen molar-refractivity contribution in [2.45, 2.75) is 31.6 Å². The first kappa shape index (κ1) is 14.6. The molecule has 0 spiro atoms. The van der Waals surface area contributed by atoms with E-state index in [4.69, 9.17) is 4.74 Å². The Bertz CT molecular complexity index is 391. The maximum absolute atomic E-state index is 11.8. The topological polar surface area (TPSA) is 26.3 Å². The number of carbonyl (C=O) groups excluding carboxylic acids is 1. The Morgan fingerprint density at radius 3 is 2.82 bits per heavy atom. The van der Waals surface area contributed by atoms with Gasteiger partial charge in [0.05, 0.1) is 12.2 Å². The van der Waals surface area contributed by atoms with Crippen LogP contribution in [0.3, 0.4) is 0 Å². The van der Waals surface area contributed by atoms with E-state index in [0.717, 1.165) is 22.2 Å². The quantitative estimate of drug-likeness (QED) is 0.497. The number of hydrogen-bond donors (Lipinski definition) is 1. The van der Waals surface area contributed by atoms with Gasteiger partial charge in [0, 0.05) is 9.37 Å². The summed E-state index contributed by atoms with van der Waals surface area (Å²) in [4.78, 5) is 12.5. The minimum absolute atomic E-state index is 0.295. The fraction of sp³-hybridized carbons (Fsp3) is 0.462. The van der Waals surface area contributed by atoms with E-state index in [1.165, 1.54) is 0 Å². The summed E-state index contributed by atoms with van der Waals surface area (Å²) in [5, 5.41) is 0. The molecule has 1 aromatic rings. The molecule has 0 fully saturated rings. The van der Waals surface area contributed by atoms with Gasteiger partial charge in [-0.25, -0.2) is 4.79 Å². The molecular formula is C13H17BrO2S. The molecule has 0 aliphatic rings. The van der Waals surface area contributed by atoms with E-state index in [1.54, 1.807) is 12.1 Å². The van der Waals surface area contributed by atoms with Crippen molar-refractivity contribution in [3.8, 4) is 0 Å². The Morgan fingerprint density at radius 1 is 1.47 bits per heavy atom. The average Bonchev–Trinajstić information content (AvgIpc) is 2.27. The molecule has 0 radical (unpaired) electrons. The van der Waals surface area contributed by atoms with Gasteiger partial charge in [0.15, 0.2) is 0 Å². The van der Waals surface area contributed by atoms with Crippen molar-refractivity contribution in [3.63, 3.8) is 0 Å². The second kappa shape index (κ2) is 7.07. The van der Waals surface area contributed by atoms with E-state index in [-0.39, 0.29) is 5.97 Å². The number of rotatable bonds is 5. The summed E-state index contributed by atoms with van der Waals surface area (Å²) in [5.41, 5.74) is 0.530. The molecule has 0 amide bonds. The van der Waals surface area contributed by atoms with Crippen LogP contribution in [0.2, 0.25) is 0 Å². The maximum atomic E-state index is 11.8. The first-order chi connectivity index (χ1) is 8.00. The van der Waals surface area contributed by atoms with Crippen molar-refractivity contribution < 1.29 is 9.53 Å². The molecule has 0 unspecified atom stereocenters. The summed E-state index contributed by atoms with van der Waals surface area (Å²) in [6, 6.07) is 5.33. The highest BCUT2D eigenvalue weighted by molar-refractivity contribution is 9.10. The van der Waals surface area contributed by atoms with E-state index in [1.807, 2.05) is 6.07 Å². The van der Waals surface area contributed by atoms with Crippen LogP contribution < -0.4 is 0 Å². The number of ether oxygens (including phenoxy) is 1. The Morgan fingerprint density at radius 2 is 2.18 bits per heavy atom. The summed E-state index contributed by atoms with van der Waals surface area (Å²) >= 11 is 7.53. The highest BCUT2D eigenvalue weighted by Gasteiger charge is 2.11. The van der Waals surface area contributed by atoms with Crippen molar-refractivity contribution in [2.24, 2.45) is 5.92 Å². The normalized spacial score (nSPS) is 10.6. The van der Waals surface area contributed by atoms with Gasteiger partial charge in [-0.3, -0.25) is 0 Å². The van der Waals surface area contributed by atoms with Crippen LogP contribution in [0.5, 0.6) is 0 Å². The Balaban J connectivity index is 2.49. The van der Waals surface area contributed by atoms with E-state index in [2.05, 4.69) is 42.4 Å². The van der Waals surface area contributed by atoms with Crippen molar-refractivity contribution in [3.05, 3.63) is 28.2 Å². The lowest BCUT2D eigenvalue weighted by Gasteiger charge is -2.08. The molecule has 17 heavy (non-hydrogen) atoms. The van der Waals surface area contributed by atoms with E-state index in [0.29, 0.717) is 18.1 Å². The summed E-state index contributed by atoms with van der Waals surface area (Å²) in [5.74, 6) is 0.345. The molecule has 0 atom stereocenters. The smallest absolute Gasteiger partial charge is 0.339 e. The summed E-state index contributed by atoms with van der Waals surface area (Å²) in [6.45, 7) is 4.78. The zero-order valence-electron chi connectivity index (χ0n) is 10.1. The van der Waals surface area contributed by atoms with Gasteiger partial charge in [0.1, 0.15) is 0 Å². The molecule has 0 bridgehead atoms. The summed E-state index contributed by atoms with van der Waals surface area (Å²) in [6.07, 6.45) is 1.97. The largest absolute Gasteiger partial charge is 0.462 e. The number of halogens is 1. The molecule has 0 saturated carbocycles. The number of hydrogen-bond acceptors (Lipinski definition) is 3. The first-order valence-corrected chi connectivity index (χ1v) is 6.90. The molecule has 2 nitrogen and oxygen atoms in total. The third-order valence-electron chi connectivity index (χ3n) is 2.33. The molecular weight excluding hydrogens is 300 g/mol. The maximum Gasteiger partial charge on any atom is 0.339 e. The second-order valence-electron chi connectivity index (χ2n) is 4.34. The van der Waals surface area contributed by atoms with E-state index < -0.39 is 0 Å². The Hall–Kier alpha value is -0.480. The van der Waals surface area contributed by atoms with Crippen LogP contribution >= 0.6 is 28.6 Å². The zero-order valence-corrected chi connectivity index (χ0v) is 12.6. The lowest BCUT2D eigenvalue weighted by Crippen LogP contribution is -2.08. The van der Waals surface area contributed by atoms with Crippen LogP contribution in [-0.2, 0) is 4.74 Å². The summed E-state index contributed by atoms with van der Waals surface area (Å²) < 4.78 is 5.95. The highest BCUT2D eigenvalue weighted by atomic mass is 79.9. The third kappa shape index (κ3) is 5.13. The second-order valence-corrected chi connectivity index (χ2v) is 5.71. The molecule has 0 N–H and O–H groups in total. The number of esters is 1. The molecule has 0 aliphatic carbocycles. The van der Waals surface area contributed by atoms with Crippen LogP contribution in [0.4, 0.5) is 0 Å². The Labute approximate surface area is 116 Å². The molecule has 1 rings (SSSR count). The van der Waals surface area contributed by atoms with Crippen LogP contribution in [0.15, 0.2) is 27.6 Å². The monoisotopic (exact) mass is 316 g/mol. The molecule has 0 aliphatic heterocycles. The lowest BCUT2D eigenvalue weighted by atomic mass is 10.1. The average molecular weight is 317 g/mol. The SMILES string of the molecule is CC(C)CCCOC(=O)c1cc(S)ccc1Br. The Kier molecular flexibility index (Phi) is 6.06. The van der Waals surface area contributed by atoms with Gasteiger partial charge in [-0.15, -0.1) is 12.6 Å². The van der Waals surface area contributed by atoms with Crippen LogP contribution in [0.25, 0.3) is 0 Å². The highest BCUT2D eigenvalue weighted by Crippen LogP contribution is 2.21. The minimum Gasteiger partial charge on any atom is -0.462 e. The van der Waals surface area contributed by atoms with Crippen LogP contribution in [0.1, 0.15) is 37.0 Å². The fourth-order valence-corrected chi connectivity index (χ4v) is 2.02. The predicted molar refractivity (Wildman–Crippen MR) is 75.7 cm³/mol. The van der Waals surface area contributed by atoms with Crippen molar-refractivity contribution in [1.29, 1.82) is 0 Å². The zero-order chi connectivity index (χ0) is 12.8. The molecule has 0 saturated heterocycles. The van der Waals surface area contributed by atoms with Crippen LogP contribution in [0, 0.1) is 5.92 Å². The molecule has 4 heteroatoms. The standard InChI is InChI=1S/C13H17BrO2S/c1-9(2)4-3-7-16-13(15)11-8-10(17)5-6-12(11)14/h5-6,8-9,17H,3-4,7H2,1-2H3. The van der Waals surface area contributed by atoms with Gasteiger partial charge in [-0.05, 0) is 52.9 Å². The third-order valence-corrected chi connectivity index (χ3v) is 3.30. The lowest BCUT2D eigenvalue weighted by molar-refractivity contribution is 0.0493. The van der Waals surface area contributed by atoms with Gasteiger partial charge in [-0.1, -0.05) is 13.8 Å². The molecule has 94 valence electrons. The van der Waals surface area contributed by atoms with E-state index >= 15 is 0 Å². The van der Waals surface area contributed by atoms with Gasteiger partial charge in [0.25, 0.3) is 0 Å². The molecule has 0 aromatic heterocycles. The molecule has 0 heterocycles. The predicted octanol–water partition coefficient (Wildman–Crippen LogP) is 4.33. The van der Waals surface area contributed by atoms with Gasteiger partial charge < -0.3 is 4.74 Å². The van der Waals surface area contributed by atoms with Gasteiger partial charge >= 0.3 is 5.97 Å². The number of thiol groups is 1. The fourth-order valence-electron chi connectivity index (χ4n) is 1.40. The van der Waals surface area contributed by atoms with Gasteiger partial charge in [0.2, 0.25) is 0 Å².